The fourth-order valence-corrected chi connectivity index (χ4v) is 3.75. The van der Waals surface area contributed by atoms with Gasteiger partial charge in [-0.3, -0.25) is 0 Å². The van der Waals surface area contributed by atoms with E-state index < -0.39 is 0 Å². The van der Waals surface area contributed by atoms with Gasteiger partial charge in [-0.05, 0) is 43.4 Å². The van der Waals surface area contributed by atoms with Crippen LogP contribution < -0.4 is 9.80 Å². The molecule has 1 aromatic carbocycles. The second-order valence-electron chi connectivity index (χ2n) is 6.67. The van der Waals surface area contributed by atoms with Crippen molar-refractivity contribution in [1.29, 1.82) is 0 Å². The van der Waals surface area contributed by atoms with E-state index in [1.165, 1.54) is 24.9 Å². The van der Waals surface area contributed by atoms with Gasteiger partial charge in [0.15, 0.2) is 0 Å². The van der Waals surface area contributed by atoms with Gasteiger partial charge in [0.2, 0.25) is 5.95 Å². The molecular weight excluding hydrogens is 272 g/mol. The van der Waals surface area contributed by atoms with Crippen molar-refractivity contribution in [3.05, 3.63) is 36.5 Å². The minimum atomic E-state index is 0.663. The van der Waals surface area contributed by atoms with Gasteiger partial charge in [-0.1, -0.05) is 12.1 Å². The topological polar surface area (TPSA) is 32.3 Å². The molecule has 1 saturated heterocycles. The quantitative estimate of drug-likeness (QED) is 0.870. The summed E-state index contributed by atoms with van der Waals surface area (Å²) >= 11 is 0. The maximum Gasteiger partial charge on any atom is 0.226 e. The summed E-state index contributed by atoms with van der Waals surface area (Å²) in [5, 5.41) is 0. The normalized spacial score (nSPS) is 23.1. The lowest BCUT2D eigenvalue weighted by atomic mass is 10.1. The molecule has 4 heteroatoms. The highest BCUT2D eigenvalue weighted by Crippen LogP contribution is 2.39. The molecule has 4 rings (SSSR count). The van der Waals surface area contributed by atoms with Crippen LogP contribution in [0.1, 0.15) is 19.3 Å². The molecule has 1 saturated carbocycles. The molecule has 2 fully saturated rings. The van der Waals surface area contributed by atoms with E-state index in [1.54, 1.807) is 0 Å². The average Bonchev–Trinajstić information content (AvgIpc) is 3.18. The number of anilines is 2. The van der Waals surface area contributed by atoms with Gasteiger partial charge in [0.1, 0.15) is 0 Å². The Morgan fingerprint density at radius 1 is 1.09 bits per heavy atom. The van der Waals surface area contributed by atoms with Crippen LogP contribution in [0.15, 0.2) is 36.5 Å². The smallest absolute Gasteiger partial charge is 0.226 e. The fraction of sp³-hybridized carbons (Fsp3) is 0.444. The van der Waals surface area contributed by atoms with E-state index in [-0.39, 0.29) is 0 Å². The Hall–Kier alpha value is -2.10. The molecule has 0 N–H and O–H groups in total. The minimum Gasteiger partial charge on any atom is -0.378 e. The van der Waals surface area contributed by atoms with Crippen LogP contribution in [-0.2, 0) is 0 Å². The van der Waals surface area contributed by atoms with Crippen LogP contribution in [0.3, 0.4) is 0 Å². The Labute approximate surface area is 131 Å². The summed E-state index contributed by atoms with van der Waals surface area (Å²) in [6.45, 7) is 1.13. The Morgan fingerprint density at radius 2 is 1.91 bits per heavy atom. The molecule has 114 valence electrons. The lowest BCUT2D eigenvalue weighted by Gasteiger charge is -2.27. The molecule has 2 bridgehead atoms. The van der Waals surface area contributed by atoms with Crippen LogP contribution in [0.4, 0.5) is 11.6 Å². The molecular formula is C18H22N4. The molecule has 2 aromatic rings. The van der Waals surface area contributed by atoms with Crippen LogP contribution >= 0.6 is 0 Å². The molecule has 0 amide bonds. The van der Waals surface area contributed by atoms with Crippen LogP contribution in [0.5, 0.6) is 0 Å². The van der Waals surface area contributed by atoms with E-state index in [1.807, 2.05) is 12.3 Å². The highest BCUT2D eigenvalue weighted by atomic mass is 15.3. The van der Waals surface area contributed by atoms with Gasteiger partial charge in [0, 0.05) is 44.1 Å². The number of rotatable bonds is 3. The first-order valence-electron chi connectivity index (χ1n) is 8.08. The predicted octanol–water partition coefficient (Wildman–Crippen LogP) is 3.20. The lowest BCUT2D eigenvalue weighted by Crippen LogP contribution is -2.33. The van der Waals surface area contributed by atoms with Gasteiger partial charge in [-0.25, -0.2) is 9.97 Å². The number of nitrogens with zero attached hydrogens (tertiary/aromatic N) is 4. The number of fused-ring (bicyclic) bond motifs is 2. The summed E-state index contributed by atoms with van der Waals surface area (Å²) in [5.74, 6) is 1.76. The van der Waals surface area contributed by atoms with Gasteiger partial charge in [-0.2, -0.15) is 0 Å². The molecule has 0 unspecified atom stereocenters. The first-order chi connectivity index (χ1) is 10.7. The first kappa shape index (κ1) is 13.6. The maximum absolute atomic E-state index is 4.82. The third-order valence-corrected chi connectivity index (χ3v) is 4.99. The first-order valence-corrected chi connectivity index (χ1v) is 8.08. The molecule has 2 heterocycles. The minimum absolute atomic E-state index is 0.663. The van der Waals surface area contributed by atoms with E-state index in [9.17, 15) is 0 Å². The zero-order chi connectivity index (χ0) is 15.1. The van der Waals surface area contributed by atoms with E-state index in [2.05, 4.69) is 53.1 Å². The SMILES string of the molecule is CN(C)c1ccc(-c2ccnc(N3C[C@H]4CC[C@H]3C4)n2)cc1. The van der Waals surface area contributed by atoms with Crippen molar-refractivity contribution in [2.24, 2.45) is 5.92 Å². The zero-order valence-electron chi connectivity index (χ0n) is 13.2. The van der Waals surface area contributed by atoms with E-state index in [0.29, 0.717) is 6.04 Å². The number of piperidine rings is 1. The Bertz CT molecular complexity index is 665. The van der Waals surface area contributed by atoms with Crippen LogP contribution in [-0.4, -0.2) is 36.6 Å². The van der Waals surface area contributed by atoms with Crippen LogP contribution in [0.25, 0.3) is 11.3 Å². The number of hydrogen-bond acceptors (Lipinski definition) is 4. The molecule has 0 spiro atoms. The van der Waals surface area contributed by atoms with Crippen molar-refractivity contribution in [2.45, 2.75) is 25.3 Å². The van der Waals surface area contributed by atoms with E-state index in [0.717, 1.165) is 29.7 Å². The zero-order valence-corrected chi connectivity index (χ0v) is 13.2. The lowest BCUT2D eigenvalue weighted by molar-refractivity contribution is 0.546. The maximum atomic E-state index is 4.82. The molecule has 1 aromatic heterocycles. The summed E-state index contributed by atoms with van der Waals surface area (Å²) in [7, 11) is 4.11. The Balaban J connectivity index is 1.61. The second kappa shape index (κ2) is 5.27. The predicted molar refractivity (Wildman–Crippen MR) is 90.3 cm³/mol. The molecule has 4 nitrogen and oxygen atoms in total. The van der Waals surface area contributed by atoms with E-state index in [4.69, 9.17) is 4.98 Å². The van der Waals surface area contributed by atoms with Crippen molar-refractivity contribution in [1.82, 2.24) is 9.97 Å². The van der Waals surface area contributed by atoms with Gasteiger partial charge < -0.3 is 9.80 Å². The largest absolute Gasteiger partial charge is 0.378 e. The molecule has 0 radical (unpaired) electrons. The molecule has 22 heavy (non-hydrogen) atoms. The summed E-state index contributed by atoms with van der Waals surface area (Å²) in [6, 6.07) is 11.2. The molecule has 1 aliphatic carbocycles. The van der Waals surface area contributed by atoms with E-state index >= 15 is 0 Å². The number of aromatic nitrogens is 2. The molecule has 2 aliphatic rings. The average molecular weight is 294 g/mol. The van der Waals surface area contributed by atoms with Gasteiger partial charge in [0.05, 0.1) is 5.69 Å². The summed E-state index contributed by atoms with van der Waals surface area (Å²) < 4.78 is 0. The van der Waals surface area contributed by atoms with Gasteiger partial charge in [0.25, 0.3) is 0 Å². The summed E-state index contributed by atoms with van der Waals surface area (Å²) in [5.41, 5.74) is 3.37. The monoisotopic (exact) mass is 294 g/mol. The third-order valence-electron chi connectivity index (χ3n) is 4.99. The third kappa shape index (κ3) is 2.32. The molecule has 1 aliphatic heterocycles. The van der Waals surface area contributed by atoms with Crippen LogP contribution in [0, 0.1) is 5.92 Å². The van der Waals surface area contributed by atoms with Crippen molar-refractivity contribution in [2.75, 3.05) is 30.4 Å². The molecule has 2 atom stereocenters. The Morgan fingerprint density at radius 3 is 2.55 bits per heavy atom. The van der Waals surface area contributed by atoms with Crippen LogP contribution in [0.2, 0.25) is 0 Å². The summed E-state index contributed by atoms with van der Waals surface area (Å²) in [6.07, 6.45) is 5.90. The number of hydrogen-bond donors (Lipinski definition) is 0. The summed E-state index contributed by atoms with van der Waals surface area (Å²) in [4.78, 5) is 13.9. The van der Waals surface area contributed by atoms with Crippen molar-refractivity contribution >= 4 is 11.6 Å². The highest BCUT2D eigenvalue weighted by molar-refractivity contribution is 5.63. The fourth-order valence-electron chi connectivity index (χ4n) is 3.75. The van der Waals surface area contributed by atoms with Crippen molar-refractivity contribution in [3.63, 3.8) is 0 Å². The van der Waals surface area contributed by atoms with Crippen molar-refractivity contribution < 1.29 is 0 Å². The number of benzene rings is 1. The second-order valence-corrected chi connectivity index (χ2v) is 6.67. The Kier molecular flexibility index (Phi) is 3.25. The van der Waals surface area contributed by atoms with Gasteiger partial charge >= 0.3 is 0 Å². The van der Waals surface area contributed by atoms with Crippen molar-refractivity contribution in [3.8, 4) is 11.3 Å². The highest BCUT2D eigenvalue weighted by Gasteiger charge is 2.38. The standard InChI is InChI=1S/C18H22N4/c1-21(2)15-7-4-14(5-8-15)17-9-10-19-18(20-17)22-12-13-3-6-16(22)11-13/h4-5,7-10,13,16H,3,6,11-12H2,1-2H3/t13-,16-/m0/s1. The van der Waals surface area contributed by atoms with Gasteiger partial charge in [-0.15, -0.1) is 0 Å².